The van der Waals surface area contributed by atoms with Crippen LogP contribution in [-0.2, 0) is 9.84 Å². The highest BCUT2D eigenvalue weighted by atomic mass is 32.2. The third kappa shape index (κ3) is 4.27. The van der Waals surface area contributed by atoms with Gasteiger partial charge in [-0.1, -0.05) is 0 Å². The van der Waals surface area contributed by atoms with Crippen LogP contribution in [0.5, 0.6) is 0 Å². The summed E-state index contributed by atoms with van der Waals surface area (Å²) in [5.74, 6) is -4.73. The zero-order valence-corrected chi connectivity index (χ0v) is 16.4. The number of hydrogen-bond acceptors (Lipinski definition) is 7. The molecule has 1 aliphatic rings. The number of aliphatic hydroxyl groups excluding tert-OH is 1. The molecule has 0 saturated heterocycles. The minimum Gasteiger partial charge on any atom is -0.393 e. The van der Waals surface area contributed by atoms with Crippen LogP contribution in [0.25, 0.3) is 0 Å². The Bertz CT molecular complexity index is 1080. The molecule has 0 spiro atoms. The van der Waals surface area contributed by atoms with E-state index in [1.165, 1.54) is 23.0 Å². The van der Waals surface area contributed by atoms with Crippen LogP contribution in [0.2, 0.25) is 0 Å². The molecule has 1 aromatic heterocycles. The third-order valence-electron chi connectivity index (χ3n) is 4.97. The van der Waals surface area contributed by atoms with Gasteiger partial charge in [0.05, 0.1) is 29.0 Å². The van der Waals surface area contributed by atoms with Crippen LogP contribution in [0.1, 0.15) is 35.7 Å². The average molecular weight is 439 g/mol. The van der Waals surface area contributed by atoms with Gasteiger partial charge in [-0.05, 0) is 43.5 Å². The predicted molar refractivity (Wildman–Crippen MR) is 102 cm³/mol. The minimum absolute atomic E-state index is 0.0436. The van der Waals surface area contributed by atoms with Crippen molar-refractivity contribution in [3.63, 3.8) is 0 Å². The number of nitriles is 1. The molecule has 1 saturated carbocycles. The molecule has 3 rings (SSSR count). The molecular weight excluding hydrogens is 420 g/mol. The lowest BCUT2D eigenvalue weighted by Crippen LogP contribution is -2.29. The molecule has 0 aliphatic heterocycles. The number of aromatic nitrogens is 2. The minimum atomic E-state index is -4.72. The number of nitrogens with two attached hydrogens (primary N) is 1. The SMILES string of the molecule is N#C[C@H]1C[C@H](O)CC[C@@H]1n1cc(C(N)=O)c(Nc2ccc(S(=O)(=O)C(F)F)cc2)n1. The molecule has 12 heteroatoms. The van der Waals surface area contributed by atoms with E-state index in [2.05, 4.69) is 16.5 Å². The standard InChI is InChI=1S/C18H19F2N5O4S/c19-18(20)30(28,29)13-4-1-11(2-5-13)23-17-14(16(22)27)9-25(24-17)15-6-3-12(26)7-10(15)8-21/h1-2,4-5,9-10,12,15,18,26H,3,6-7H2,(H2,22,27)(H,23,24)/t10-,12-,15+/m1/s1. The van der Waals surface area contributed by atoms with Gasteiger partial charge in [-0.25, -0.2) is 8.42 Å². The van der Waals surface area contributed by atoms with Gasteiger partial charge in [-0.3, -0.25) is 9.48 Å². The molecule has 1 aromatic carbocycles. The van der Waals surface area contributed by atoms with Gasteiger partial charge < -0.3 is 16.2 Å². The maximum absolute atomic E-state index is 12.6. The second-order valence-corrected chi connectivity index (χ2v) is 8.88. The first-order valence-corrected chi connectivity index (χ1v) is 10.5. The van der Waals surface area contributed by atoms with Crippen molar-refractivity contribution in [3.8, 4) is 6.07 Å². The molecular formula is C18H19F2N5O4S. The molecule has 1 heterocycles. The number of rotatable bonds is 6. The number of halogens is 2. The molecule has 3 atom stereocenters. The van der Waals surface area contributed by atoms with Gasteiger partial charge in [0.1, 0.15) is 5.56 Å². The molecule has 0 radical (unpaired) electrons. The topological polar surface area (TPSA) is 151 Å². The van der Waals surface area contributed by atoms with Gasteiger partial charge in [0.2, 0.25) is 9.84 Å². The van der Waals surface area contributed by atoms with Gasteiger partial charge in [-0.2, -0.15) is 19.1 Å². The molecule has 1 aliphatic carbocycles. The van der Waals surface area contributed by atoms with Crippen LogP contribution in [0.3, 0.4) is 0 Å². The summed E-state index contributed by atoms with van der Waals surface area (Å²) in [5.41, 5.74) is 5.76. The first kappa shape index (κ1) is 21.7. The molecule has 9 nitrogen and oxygen atoms in total. The highest BCUT2D eigenvalue weighted by Gasteiger charge is 2.32. The normalized spacial score (nSPS) is 21.9. The second kappa shape index (κ2) is 8.37. The molecule has 1 fully saturated rings. The van der Waals surface area contributed by atoms with E-state index in [0.717, 1.165) is 12.1 Å². The number of nitrogens with zero attached hydrogens (tertiary/aromatic N) is 3. The molecule has 30 heavy (non-hydrogen) atoms. The Hall–Kier alpha value is -3.04. The number of carbonyl (C=O) groups excluding carboxylic acids is 1. The van der Waals surface area contributed by atoms with Gasteiger partial charge in [0.15, 0.2) is 5.82 Å². The summed E-state index contributed by atoms with van der Waals surface area (Å²) in [4.78, 5) is 11.3. The van der Waals surface area contributed by atoms with Crippen molar-refractivity contribution in [2.24, 2.45) is 11.7 Å². The summed E-state index contributed by atoms with van der Waals surface area (Å²) in [5, 5.41) is 26.3. The second-order valence-electron chi connectivity index (χ2n) is 6.96. The number of sulfone groups is 1. The molecule has 2 aromatic rings. The van der Waals surface area contributed by atoms with Crippen molar-refractivity contribution in [2.75, 3.05) is 5.32 Å². The van der Waals surface area contributed by atoms with Crippen LogP contribution in [0.4, 0.5) is 20.3 Å². The quantitative estimate of drug-likeness (QED) is 0.622. The maximum Gasteiger partial charge on any atom is 0.341 e. The largest absolute Gasteiger partial charge is 0.393 e. The van der Waals surface area contributed by atoms with Crippen LogP contribution in [-0.4, -0.2) is 41.1 Å². The number of hydrogen-bond donors (Lipinski definition) is 3. The smallest absolute Gasteiger partial charge is 0.341 e. The van der Waals surface area contributed by atoms with E-state index in [0.29, 0.717) is 18.5 Å². The van der Waals surface area contributed by atoms with Gasteiger partial charge in [-0.15, -0.1) is 0 Å². The van der Waals surface area contributed by atoms with Crippen molar-refractivity contribution < 1.29 is 27.1 Å². The number of primary amides is 1. The lowest BCUT2D eigenvalue weighted by atomic mass is 9.84. The fraction of sp³-hybridized carbons (Fsp3) is 0.389. The van der Waals surface area contributed by atoms with Gasteiger partial charge in [0.25, 0.3) is 5.91 Å². The number of benzene rings is 1. The number of aliphatic hydroxyl groups is 1. The third-order valence-corrected chi connectivity index (χ3v) is 6.37. The molecule has 0 unspecified atom stereocenters. The maximum atomic E-state index is 12.6. The fourth-order valence-electron chi connectivity index (χ4n) is 3.39. The number of anilines is 2. The van der Waals surface area contributed by atoms with Crippen molar-refractivity contribution in [1.82, 2.24) is 9.78 Å². The van der Waals surface area contributed by atoms with E-state index in [1.807, 2.05) is 0 Å². The Morgan fingerprint density at radius 3 is 2.57 bits per heavy atom. The zero-order valence-electron chi connectivity index (χ0n) is 15.6. The molecule has 1 amide bonds. The lowest BCUT2D eigenvalue weighted by molar-refractivity contribution is 0.0861. The summed E-state index contributed by atoms with van der Waals surface area (Å²) < 4.78 is 49.8. The van der Waals surface area contributed by atoms with E-state index >= 15 is 0 Å². The molecule has 0 bridgehead atoms. The van der Waals surface area contributed by atoms with Crippen LogP contribution < -0.4 is 11.1 Å². The lowest BCUT2D eigenvalue weighted by Gasteiger charge is -2.30. The first-order valence-electron chi connectivity index (χ1n) is 8.99. The number of carbonyl (C=O) groups is 1. The van der Waals surface area contributed by atoms with Gasteiger partial charge >= 0.3 is 5.76 Å². The van der Waals surface area contributed by atoms with Gasteiger partial charge in [0, 0.05) is 11.9 Å². The van der Waals surface area contributed by atoms with Crippen molar-refractivity contribution >= 4 is 27.2 Å². The van der Waals surface area contributed by atoms with Crippen LogP contribution in [0.15, 0.2) is 35.4 Å². The van der Waals surface area contributed by atoms with Crippen LogP contribution >= 0.6 is 0 Å². The number of amides is 1. The monoisotopic (exact) mass is 439 g/mol. The van der Waals surface area contributed by atoms with Crippen molar-refractivity contribution in [1.29, 1.82) is 5.26 Å². The summed E-state index contributed by atoms with van der Waals surface area (Å²) in [6.45, 7) is 0. The summed E-state index contributed by atoms with van der Waals surface area (Å²) in [6, 6.07) is 6.33. The average Bonchev–Trinajstić information content (AvgIpc) is 3.12. The molecule has 160 valence electrons. The Labute approximate surface area is 171 Å². The summed E-state index contributed by atoms with van der Waals surface area (Å²) in [6.07, 6.45) is 2.09. The zero-order chi connectivity index (χ0) is 22.1. The number of alkyl halides is 2. The van der Waals surface area contributed by atoms with Crippen molar-refractivity contribution in [3.05, 3.63) is 36.0 Å². The van der Waals surface area contributed by atoms with E-state index in [4.69, 9.17) is 5.73 Å². The molecule has 4 N–H and O–H groups in total. The Morgan fingerprint density at radius 1 is 1.33 bits per heavy atom. The number of nitrogens with one attached hydrogen (secondary N) is 1. The van der Waals surface area contributed by atoms with Crippen molar-refractivity contribution in [2.45, 2.75) is 42.1 Å². The Kier molecular flexibility index (Phi) is 6.04. The fourth-order valence-corrected chi connectivity index (χ4v) is 4.11. The first-order chi connectivity index (χ1) is 14.1. The highest BCUT2D eigenvalue weighted by molar-refractivity contribution is 7.91. The highest BCUT2D eigenvalue weighted by Crippen LogP contribution is 2.35. The predicted octanol–water partition coefficient (Wildman–Crippen LogP) is 1.95. The van der Waals surface area contributed by atoms with E-state index in [-0.39, 0.29) is 23.8 Å². The van der Waals surface area contributed by atoms with E-state index in [9.17, 15) is 32.4 Å². The van der Waals surface area contributed by atoms with E-state index < -0.39 is 38.4 Å². The Morgan fingerprint density at radius 2 is 2.00 bits per heavy atom. The summed E-state index contributed by atoms with van der Waals surface area (Å²) >= 11 is 0. The summed E-state index contributed by atoms with van der Waals surface area (Å²) in [7, 11) is -4.72. The van der Waals surface area contributed by atoms with Crippen LogP contribution in [0, 0.1) is 17.2 Å². The Balaban J connectivity index is 1.88. The van der Waals surface area contributed by atoms with E-state index in [1.54, 1.807) is 0 Å².